The van der Waals surface area contributed by atoms with Gasteiger partial charge in [-0.15, -0.1) is 0 Å². The average Bonchev–Trinajstić information content (AvgIpc) is 2.33. The van der Waals surface area contributed by atoms with Gasteiger partial charge in [-0.3, -0.25) is 0 Å². The van der Waals surface area contributed by atoms with Crippen LogP contribution in [0.2, 0.25) is 5.02 Å². The van der Waals surface area contributed by atoms with Crippen LogP contribution >= 0.6 is 11.6 Å². The molecule has 0 aliphatic heterocycles. The summed E-state index contributed by atoms with van der Waals surface area (Å²) in [7, 11) is 0. The van der Waals surface area contributed by atoms with Crippen LogP contribution in [0.1, 0.15) is 52.2 Å². The fourth-order valence-corrected chi connectivity index (χ4v) is 2.02. The Morgan fingerprint density at radius 2 is 1.95 bits per heavy atom. The van der Waals surface area contributed by atoms with Gasteiger partial charge in [0.15, 0.2) is 0 Å². The highest BCUT2D eigenvalue weighted by molar-refractivity contribution is 6.31. The lowest BCUT2D eigenvalue weighted by Crippen LogP contribution is -2.39. The minimum Gasteiger partial charge on any atom is -0.372 e. The minimum atomic E-state index is 0.0134. The molecule has 1 atom stereocenters. The smallest absolute Gasteiger partial charge is 0.0963 e. The third-order valence-corrected chi connectivity index (χ3v) is 3.23. The van der Waals surface area contributed by atoms with Crippen molar-refractivity contribution in [2.45, 2.75) is 52.2 Å². The van der Waals surface area contributed by atoms with E-state index in [1.807, 2.05) is 24.3 Å². The second-order valence-corrected chi connectivity index (χ2v) is 6.27. The monoisotopic (exact) mass is 283 g/mol. The first kappa shape index (κ1) is 16.5. The summed E-state index contributed by atoms with van der Waals surface area (Å²) in [5, 5.41) is 4.27. The quantitative estimate of drug-likeness (QED) is 0.739. The van der Waals surface area contributed by atoms with Gasteiger partial charge in [-0.25, -0.2) is 0 Å². The van der Waals surface area contributed by atoms with Crippen LogP contribution in [0.4, 0.5) is 0 Å². The topological polar surface area (TPSA) is 21.3 Å². The van der Waals surface area contributed by atoms with E-state index in [1.54, 1.807) is 0 Å². The van der Waals surface area contributed by atoms with E-state index in [1.165, 1.54) is 0 Å². The van der Waals surface area contributed by atoms with Crippen molar-refractivity contribution >= 4 is 11.6 Å². The summed E-state index contributed by atoms with van der Waals surface area (Å²) in [4.78, 5) is 0. The third kappa shape index (κ3) is 6.42. The average molecular weight is 284 g/mol. The van der Waals surface area contributed by atoms with Crippen molar-refractivity contribution in [2.75, 3.05) is 13.2 Å². The van der Waals surface area contributed by atoms with Gasteiger partial charge in [0.05, 0.1) is 6.10 Å². The van der Waals surface area contributed by atoms with Crippen molar-refractivity contribution in [2.24, 2.45) is 0 Å². The Labute approximate surface area is 122 Å². The Hall–Kier alpha value is -0.570. The second kappa shape index (κ2) is 7.88. The Kier molecular flexibility index (Phi) is 6.84. The first-order chi connectivity index (χ1) is 8.94. The molecule has 1 aromatic carbocycles. The highest BCUT2D eigenvalue weighted by Crippen LogP contribution is 2.25. The molecular weight excluding hydrogens is 258 g/mol. The zero-order valence-corrected chi connectivity index (χ0v) is 13.3. The highest BCUT2D eigenvalue weighted by atomic mass is 35.5. The molecule has 1 unspecified atom stereocenters. The molecule has 108 valence electrons. The van der Waals surface area contributed by atoms with E-state index >= 15 is 0 Å². The molecule has 0 radical (unpaired) electrons. The standard InChI is InChI=1S/C16H26ClNO/c1-5-6-11-19-15(12-18-16(2,3)4)13-9-7-8-10-14(13)17/h7-10,15,18H,5-6,11-12H2,1-4H3. The highest BCUT2D eigenvalue weighted by Gasteiger charge is 2.18. The summed E-state index contributed by atoms with van der Waals surface area (Å²) in [5.41, 5.74) is 1.14. The third-order valence-electron chi connectivity index (χ3n) is 2.89. The maximum atomic E-state index is 6.27. The SMILES string of the molecule is CCCCOC(CNC(C)(C)C)c1ccccc1Cl. The Balaban J connectivity index is 2.71. The summed E-state index contributed by atoms with van der Waals surface area (Å²) >= 11 is 6.27. The number of hydrogen-bond donors (Lipinski definition) is 1. The molecule has 1 N–H and O–H groups in total. The lowest BCUT2D eigenvalue weighted by atomic mass is 10.1. The molecule has 0 aliphatic rings. The van der Waals surface area contributed by atoms with Crippen molar-refractivity contribution in [3.8, 4) is 0 Å². The maximum Gasteiger partial charge on any atom is 0.0963 e. The largest absolute Gasteiger partial charge is 0.372 e. The molecule has 0 fully saturated rings. The molecule has 0 aliphatic carbocycles. The van der Waals surface area contributed by atoms with Gasteiger partial charge in [-0.2, -0.15) is 0 Å². The van der Waals surface area contributed by atoms with E-state index in [-0.39, 0.29) is 11.6 Å². The van der Waals surface area contributed by atoms with Crippen molar-refractivity contribution in [1.82, 2.24) is 5.32 Å². The molecule has 0 saturated heterocycles. The molecule has 0 aromatic heterocycles. The van der Waals surface area contributed by atoms with Crippen LogP contribution in [0.15, 0.2) is 24.3 Å². The van der Waals surface area contributed by atoms with E-state index < -0.39 is 0 Å². The van der Waals surface area contributed by atoms with Crippen LogP contribution in [-0.4, -0.2) is 18.7 Å². The van der Waals surface area contributed by atoms with Crippen LogP contribution in [0.5, 0.6) is 0 Å². The van der Waals surface area contributed by atoms with Crippen LogP contribution in [0.25, 0.3) is 0 Å². The lowest BCUT2D eigenvalue weighted by molar-refractivity contribution is 0.0465. The van der Waals surface area contributed by atoms with Gasteiger partial charge in [0.1, 0.15) is 0 Å². The van der Waals surface area contributed by atoms with Crippen molar-refractivity contribution < 1.29 is 4.74 Å². The fourth-order valence-electron chi connectivity index (χ4n) is 1.76. The van der Waals surface area contributed by atoms with Gasteiger partial charge in [0.25, 0.3) is 0 Å². The molecule has 1 rings (SSSR count). The van der Waals surface area contributed by atoms with E-state index in [4.69, 9.17) is 16.3 Å². The summed E-state index contributed by atoms with van der Waals surface area (Å²) in [6.07, 6.45) is 2.23. The number of ether oxygens (including phenoxy) is 1. The minimum absolute atomic E-state index is 0.0134. The van der Waals surface area contributed by atoms with E-state index in [2.05, 4.69) is 33.0 Å². The molecule has 0 saturated carbocycles. The first-order valence-corrected chi connectivity index (χ1v) is 7.43. The van der Waals surface area contributed by atoms with Crippen molar-refractivity contribution in [1.29, 1.82) is 0 Å². The number of benzene rings is 1. The van der Waals surface area contributed by atoms with Crippen LogP contribution in [-0.2, 0) is 4.74 Å². The summed E-state index contributed by atoms with van der Waals surface area (Å²) in [5.74, 6) is 0. The lowest BCUT2D eigenvalue weighted by Gasteiger charge is -2.26. The van der Waals surface area contributed by atoms with Crippen LogP contribution in [0, 0.1) is 0 Å². The molecule has 3 heteroatoms. The fraction of sp³-hybridized carbons (Fsp3) is 0.625. The molecule has 1 aromatic rings. The number of halogens is 1. The van der Waals surface area contributed by atoms with Gasteiger partial charge in [-0.05, 0) is 33.3 Å². The molecule has 2 nitrogen and oxygen atoms in total. The van der Waals surface area contributed by atoms with Gasteiger partial charge >= 0.3 is 0 Å². The summed E-state index contributed by atoms with van der Waals surface area (Å²) < 4.78 is 6.00. The van der Waals surface area contributed by atoms with Crippen molar-refractivity contribution in [3.05, 3.63) is 34.9 Å². The Morgan fingerprint density at radius 3 is 2.53 bits per heavy atom. The Morgan fingerprint density at radius 1 is 1.26 bits per heavy atom. The van der Waals surface area contributed by atoms with Gasteiger partial charge < -0.3 is 10.1 Å². The number of hydrogen-bond acceptors (Lipinski definition) is 2. The zero-order valence-electron chi connectivity index (χ0n) is 12.5. The van der Waals surface area contributed by atoms with Gasteiger partial charge in [0.2, 0.25) is 0 Å². The predicted octanol–water partition coefficient (Wildman–Crippen LogP) is 4.59. The van der Waals surface area contributed by atoms with E-state index in [9.17, 15) is 0 Å². The van der Waals surface area contributed by atoms with Crippen LogP contribution < -0.4 is 5.32 Å². The number of rotatable bonds is 7. The molecule has 0 heterocycles. The van der Waals surface area contributed by atoms with Crippen LogP contribution in [0.3, 0.4) is 0 Å². The number of unbranched alkanes of at least 4 members (excludes halogenated alkanes) is 1. The van der Waals surface area contributed by atoms with Crippen molar-refractivity contribution in [3.63, 3.8) is 0 Å². The van der Waals surface area contributed by atoms with E-state index in [0.717, 1.165) is 36.6 Å². The summed E-state index contributed by atoms with van der Waals surface area (Å²) in [6.45, 7) is 10.2. The molecule has 0 bridgehead atoms. The second-order valence-electron chi connectivity index (χ2n) is 5.87. The first-order valence-electron chi connectivity index (χ1n) is 7.05. The summed E-state index contributed by atoms with van der Waals surface area (Å²) in [6, 6.07) is 7.92. The molecule has 19 heavy (non-hydrogen) atoms. The van der Waals surface area contributed by atoms with E-state index in [0.29, 0.717) is 0 Å². The van der Waals surface area contributed by atoms with Gasteiger partial charge in [0, 0.05) is 29.3 Å². The normalized spacial score (nSPS) is 13.5. The maximum absolute atomic E-state index is 6.27. The Bertz CT molecular complexity index is 373. The van der Waals surface area contributed by atoms with Gasteiger partial charge in [-0.1, -0.05) is 43.1 Å². The zero-order chi connectivity index (χ0) is 14.3. The number of nitrogens with one attached hydrogen (secondary N) is 1. The molecule has 0 spiro atoms. The molecular formula is C16H26ClNO. The molecule has 0 amide bonds. The predicted molar refractivity (Wildman–Crippen MR) is 82.8 cm³/mol.